The maximum Gasteiger partial charge on any atom is 0.166 e. The molecule has 0 heterocycles. The van der Waals surface area contributed by atoms with Crippen LogP contribution in [-0.2, 0) is 0 Å². The Balaban J connectivity index is 1.99. The van der Waals surface area contributed by atoms with Crippen LogP contribution in [0.2, 0.25) is 0 Å². The summed E-state index contributed by atoms with van der Waals surface area (Å²) in [6, 6.07) is 0. The predicted octanol–water partition coefficient (Wildman–Crippen LogP) is 5.71. The lowest BCUT2D eigenvalue weighted by molar-refractivity contribution is 0.222. The van der Waals surface area contributed by atoms with Gasteiger partial charge in [-0.3, -0.25) is 0 Å². The second-order valence-electron chi connectivity index (χ2n) is 6.09. The van der Waals surface area contributed by atoms with Crippen molar-refractivity contribution in [2.75, 3.05) is 0 Å². The van der Waals surface area contributed by atoms with E-state index in [9.17, 15) is 0 Å². The highest BCUT2D eigenvalue weighted by molar-refractivity contribution is 6.65. The third kappa shape index (κ3) is 1.21. The SMILES string of the molecule is ClC1=C(Cl)[C@@]2(Cl)[C@@H]3[C@H]4C[C@@H](C[C@@H]4Cl)[C@H]3[C@@]1(Cl)C2(Cl)Cl. The van der Waals surface area contributed by atoms with Crippen LogP contribution < -0.4 is 0 Å². The quantitative estimate of drug-likeness (QED) is 0.360. The zero-order valence-corrected chi connectivity index (χ0v) is 14.7. The number of allylic oxidation sites excluding steroid dienone is 2. The fourth-order valence-corrected chi connectivity index (χ4v) is 8.61. The molecule has 0 amide bonds. The van der Waals surface area contributed by atoms with E-state index >= 15 is 0 Å². The van der Waals surface area contributed by atoms with Gasteiger partial charge in [-0.15, -0.1) is 34.8 Å². The first-order chi connectivity index (χ1) is 8.69. The van der Waals surface area contributed by atoms with Crippen LogP contribution >= 0.6 is 81.2 Å². The molecule has 0 aromatic carbocycles. The lowest BCUT2D eigenvalue weighted by Gasteiger charge is -2.41. The van der Waals surface area contributed by atoms with Gasteiger partial charge in [-0.05, 0) is 36.5 Å². The molecule has 7 atom stereocenters. The van der Waals surface area contributed by atoms with Crippen molar-refractivity contribution >= 4 is 81.2 Å². The molecular weight excluding hydrogens is 392 g/mol. The maximum absolute atomic E-state index is 6.80. The summed E-state index contributed by atoms with van der Waals surface area (Å²) >= 11 is 45.8. The van der Waals surface area contributed by atoms with Gasteiger partial charge in [0.15, 0.2) is 4.33 Å². The Morgan fingerprint density at radius 3 is 1.95 bits per heavy atom. The van der Waals surface area contributed by atoms with Crippen molar-refractivity contribution in [2.24, 2.45) is 23.7 Å². The summed E-state index contributed by atoms with van der Waals surface area (Å²) in [5, 5.41) is 0.707. The van der Waals surface area contributed by atoms with E-state index in [1.807, 2.05) is 0 Å². The van der Waals surface area contributed by atoms with Crippen LogP contribution in [-0.4, -0.2) is 19.5 Å². The van der Waals surface area contributed by atoms with E-state index in [1.54, 1.807) is 0 Å². The van der Waals surface area contributed by atoms with Crippen molar-refractivity contribution in [3.63, 3.8) is 0 Å². The van der Waals surface area contributed by atoms with Gasteiger partial charge in [0.2, 0.25) is 0 Å². The van der Waals surface area contributed by atoms with E-state index in [4.69, 9.17) is 81.2 Å². The molecular formula is C12H9Cl7. The molecule has 0 N–H and O–H groups in total. The molecule has 7 heteroatoms. The van der Waals surface area contributed by atoms with Gasteiger partial charge >= 0.3 is 0 Å². The van der Waals surface area contributed by atoms with E-state index in [0.717, 1.165) is 12.8 Å². The smallest absolute Gasteiger partial charge is 0.123 e. The van der Waals surface area contributed by atoms with Crippen LogP contribution in [0.15, 0.2) is 10.1 Å². The van der Waals surface area contributed by atoms with E-state index in [1.165, 1.54) is 0 Å². The summed E-state index contributed by atoms with van der Waals surface area (Å²) in [5.41, 5.74) is 0. The molecule has 4 bridgehead atoms. The van der Waals surface area contributed by atoms with E-state index < -0.39 is 14.1 Å². The summed E-state index contributed by atoms with van der Waals surface area (Å²) in [5.74, 6) is 0.672. The van der Waals surface area contributed by atoms with Crippen LogP contribution in [0.25, 0.3) is 0 Å². The van der Waals surface area contributed by atoms with E-state index in [2.05, 4.69) is 0 Å². The first kappa shape index (κ1) is 14.4. The number of hydrogen-bond donors (Lipinski definition) is 0. The van der Waals surface area contributed by atoms with Crippen LogP contribution in [0.4, 0.5) is 0 Å². The fourth-order valence-electron chi connectivity index (χ4n) is 4.97. The standard InChI is InChI=1S/C12H9Cl7/c13-5-2-3-1-4(5)7-6(3)10(16)8(14)9(15)11(7,17)12(10,18)19/h3-7H,1-2H2/t3-,4-,5-,6+,7+,10-,11-/m0/s1. The van der Waals surface area contributed by atoms with Gasteiger partial charge in [-0.25, -0.2) is 0 Å². The molecule has 4 rings (SSSR count). The molecule has 4 aliphatic rings. The normalized spacial score (nSPS) is 61.1. The zero-order chi connectivity index (χ0) is 14.0. The van der Waals surface area contributed by atoms with Gasteiger partial charge < -0.3 is 0 Å². The average molecular weight is 401 g/mol. The summed E-state index contributed by atoms with van der Waals surface area (Å²) in [7, 11) is 0. The van der Waals surface area contributed by atoms with Gasteiger partial charge in [0.25, 0.3) is 0 Å². The average Bonchev–Trinajstić information content (AvgIpc) is 2.95. The largest absolute Gasteiger partial charge is 0.166 e. The highest BCUT2D eigenvalue weighted by Gasteiger charge is 2.86. The minimum Gasteiger partial charge on any atom is -0.123 e. The highest BCUT2D eigenvalue weighted by atomic mass is 35.5. The Morgan fingerprint density at radius 2 is 1.37 bits per heavy atom. The molecule has 0 aliphatic heterocycles. The summed E-state index contributed by atoms with van der Waals surface area (Å²) in [6.45, 7) is 0. The second kappa shape index (κ2) is 3.81. The third-order valence-electron chi connectivity index (χ3n) is 5.59. The number of rotatable bonds is 0. The predicted molar refractivity (Wildman–Crippen MR) is 83.2 cm³/mol. The van der Waals surface area contributed by atoms with Crippen LogP contribution in [0.1, 0.15) is 12.8 Å². The zero-order valence-electron chi connectivity index (χ0n) is 9.45. The van der Waals surface area contributed by atoms with E-state index in [0.29, 0.717) is 16.0 Å². The van der Waals surface area contributed by atoms with Gasteiger partial charge in [0.05, 0.1) is 10.1 Å². The molecule has 0 radical (unpaired) electrons. The van der Waals surface area contributed by atoms with Crippen molar-refractivity contribution < 1.29 is 0 Å². The molecule has 0 nitrogen and oxygen atoms in total. The third-order valence-corrected chi connectivity index (χ3v) is 10.4. The Labute approximate surface area is 146 Å². The van der Waals surface area contributed by atoms with E-state index in [-0.39, 0.29) is 23.1 Å². The van der Waals surface area contributed by atoms with Gasteiger partial charge in [-0.1, -0.05) is 46.4 Å². The Kier molecular flexibility index (Phi) is 2.88. The van der Waals surface area contributed by atoms with Crippen molar-refractivity contribution in [3.05, 3.63) is 10.1 Å². The van der Waals surface area contributed by atoms with Crippen molar-refractivity contribution in [3.8, 4) is 0 Å². The minimum absolute atomic E-state index is 0.00193. The Morgan fingerprint density at radius 1 is 0.842 bits per heavy atom. The molecule has 0 aromatic rings. The molecule has 3 fully saturated rings. The van der Waals surface area contributed by atoms with Gasteiger partial charge in [0.1, 0.15) is 9.75 Å². The molecule has 0 unspecified atom stereocenters. The first-order valence-electron chi connectivity index (χ1n) is 6.15. The summed E-state index contributed by atoms with van der Waals surface area (Å²) in [4.78, 5) is -2.20. The second-order valence-corrected chi connectivity index (χ2v) is 9.93. The van der Waals surface area contributed by atoms with Crippen molar-refractivity contribution in [2.45, 2.75) is 32.3 Å². The molecule has 4 aliphatic carbocycles. The fraction of sp³-hybridized carbons (Fsp3) is 0.833. The number of fused-ring (bicyclic) bond motifs is 9. The monoisotopic (exact) mass is 398 g/mol. The molecule has 0 aromatic heterocycles. The van der Waals surface area contributed by atoms with Crippen LogP contribution in [0.3, 0.4) is 0 Å². The first-order valence-corrected chi connectivity index (χ1v) is 8.85. The topological polar surface area (TPSA) is 0 Å². The number of halogens is 7. The summed E-state index contributed by atoms with van der Waals surface area (Å²) < 4.78 is -1.40. The molecule has 3 saturated carbocycles. The van der Waals surface area contributed by atoms with Crippen molar-refractivity contribution in [1.82, 2.24) is 0 Å². The lowest BCUT2D eigenvalue weighted by atomic mass is 9.72. The molecule has 0 spiro atoms. The van der Waals surface area contributed by atoms with Crippen molar-refractivity contribution in [1.29, 1.82) is 0 Å². The van der Waals surface area contributed by atoms with Gasteiger partial charge in [-0.2, -0.15) is 0 Å². The lowest BCUT2D eigenvalue weighted by Crippen LogP contribution is -2.46. The Hall–Kier alpha value is 1.77. The van der Waals surface area contributed by atoms with Gasteiger partial charge in [0, 0.05) is 5.38 Å². The minimum atomic E-state index is -1.40. The highest BCUT2D eigenvalue weighted by Crippen LogP contribution is 2.82. The van der Waals surface area contributed by atoms with Crippen LogP contribution in [0.5, 0.6) is 0 Å². The summed E-state index contributed by atoms with van der Waals surface area (Å²) in [6.07, 6.45) is 1.92. The molecule has 0 saturated heterocycles. The number of alkyl halides is 5. The molecule has 19 heavy (non-hydrogen) atoms. The number of hydrogen-bond acceptors (Lipinski definition) is 0. The van der Waals surface area contributed by atoms with Crippen LogP contribution in [0, 0.1) is 23.7 Å². The Bertz CT molecular complexity index is 514. The maximum atomic E-state index is 6.80. The molecule has 106 valence electrons.